The summed E-state index contributed by atoms with van der Waals surface area (Å²) in [6.45, 7) is 5.72. The molecule has 0 radical (unpaired) electrons. The maximum atomic E-state index is 12.8. The van der Waals surface area contributed by atoms with E-state index in [1.54, 1.807) is 0 Å². The van der Waals surface area contributed by atoms with Crippen LogP contribution in [0.3, 0.4) is 0 Å². The van der Waals surface area contributed by atoms with Crippen LogP contribution in [0.4, 0.5) is 0 Å². The van der Waals surface area contributed by atoms with E-state index < -0.39 is 23.4 Å². The van der Waals surface area contributed by atoms with E-state index in [-0.39, 0.29) is 12.2 Å². The minimum atomic E-state index is -1.31. The lowest BCUT2D eigenvalue weighted by atomic mass is 9.85. The van der Waals surface area contributed by atoms with E-state index in [2.05, 4.69) is 18.7 Å². The van der Waals surface area contributed by atoms with Crippen LogP contribution in [0.1, 0.15) is 213 Å². The molecule has 3 N–H and O–H groups in total. The summed E-state index contributed by atoms with van der Waals surface area (Å²) in [7, 11) is 0. The van der Waals surface area contributed by atoms with Crippen molar-refractivity contribution in [3.8, 4) is 0 Å². The first-order valence-corrected chi connectivity index (χ1v) is 20.8. The minimum Gasteiger partial charge on any atom is -0.481 e. The number of carboxylic acid groups (broad SMARTS) is 3. The molecule has 8 nitrogen and oxygen atoms in total. The lowest BCUT2D eigenvalue weighted by Gasteiger charge is -2.40. The van der Waals surface area contributed by atoms with Crippen molar-refractivity contribution in [2.75, 3.05) is 13.1 Å². The Balaban J connectivity index is 4.38. The largest absolute Gasteiger partial charge is 0.481 e. The Morgan fingerprint density at radius 1 is 0.480 bits per heavy atom. The fourth-order valence-electron chi connectivity index (χ4n) is 7.07. The van der Waals surface area contributed by atoms with E-state index in [0.29, 0.717) is 25.9 Å². The van der Waals surface area contributed by atoms with Crippen LogP contribution in [0, 0.1) is 0 Å². The molecule has 0 bridgehead atoms. The number of hydrogen-bond donors (Lipinski definition) is 3. The predicted octanol–water partition coefficient (Wildman–Crippen LogP) is 11.5. The van der Waals surface area contributed by atoms with Crippen LogP contribution in [0.15, 0.2) is 12.2 Å². The van der Waals surface area contributed by atoms with E-state index in [1.165, 1.54) is 96.3 Å². The van der Waals surface area contributed by atoms with Gasteiger partial charge in [0.05, 0.1) is 6.42 Å². The first-order valence-electron chi connectivity index (χ1n) is 20.8. The van der Waals surface area contributed by atoms with Crippen LogP contribution in [0.2, 0.25) is 0 Å². The molecule has 0 aliphatic carbocycles. The van der Waals surface area contributed by atoms with Crippen molar-refractivity contribution in [1.82, 2.24) is 4.90 Å². The van der Waals surface area contributed by atoms with Gasteiger partial charge in [0, 0.05) is 12.5 Å². The lowest BCUT2D eigenvalue weighted by molar-refractivity contribution is -0.159. The Morgan fingerprint density at radius 2 is 0.840 bits per heavy atom. The van der Waals surface area contributed by atoms with Crippen LogP contribution in [0.25, 0.3) is 0 Å². The maximum Gasteiger partial charge on any atom is 0.328 e. The zero-order valence-corrected chi connectivity index (χ0v) is 32.4. The highest BCUT2D eigenvalue weighted by Crippen LogP contribution is 2.30. The lowest BCUT2D eigenvalue weighted by Crippen LogP contribution is -2.56. The third-order valence-corrected chi connectivity index (χ3v) is 10.2. The van der Waals surface area contributed by atoms with Crippen LogP contribution >= 0.6 is 0 Å². The Morgan fingerprint density at radius 3 is 1.20 bits per heavy atom. The Hall–Kier alpha value is -2.22. The van der Waals surface area contributed by atoms with Gasteiger partial charge in [0.25, 0.3) is 0 Å². The van der Waals surface area contributed by atoms with Gasteiger partial charge in [-0.3, -0.25) is 19.3 Å². The number of aliphatic carboxylic acids is 3. The van der Waals surface area contributed by atoms with Gasteiger partial charge in [-0.25, -0.2) is 4.79 Å². The van der Waals surface area contributed by atoms with Gasteiger partial charge in [0.1, 0.15) is 5.54 Å². The number of unbranched alkanes of at least 4 members (excludes halogenated alkanes) is 25. The average molecular weight is 708 g/mol. The van der Waals surface area contributed by atoms with E-state index in [4.69, 9.17) is 5.11 Å². The molecule has 0 spiro atoms. The van der Waals surface area contributed by atoms with Gasteiger partial charge in [-0.2, -0.15) is 0 Å². The highest BCUT2D eigenvalue weighted by atomic mass is 16.4. The molecule has 0 aromatic carbocycles. The van der Waals surface area contributed by atoms with Crippen molar-refractivity contribution in [2.45, 2.75) is 218 Å². The molecule has 0 fully saturated rings. The van der Waals surface area contributed by atoms with Crippen LogP contribution in [-0.4, -0.2) is 62.5 Å². The molecular weight excluding hydrogens is 630 g/mol. The summed E-state index contributed by atoms with van der Waals surface area (Å²) < 4.78 is 0. The number of carbonyl (C=O) groups is 4. The van der Waals surface area contributed by atoms with Crippen LogP contribution < -0.4 is 0 Å². The average Bonchev–Trinajstić information content (AvgIpc) is 3.08. The second-order valence-corrected chi connectivity index (χ2v) is 14.7. The number of rotatable bonds is 39. The maximum absolute atomic E-state index is 12.8. The number of hydrogen-bond acceptors (Lipinski definition) is 5. The zero-order valence-electron chi connectivity index (χ0n) is 32.4. The second kappa shape index (κ2) is 33.9. The first kappa shape index (κ1) is 47.8. The number of nitrogens with zero attached hydrogens (tertiary/aromatic N) is 1. The third kappa shape index (κ3) is 27.5. The first-order chi connectivity index (χ1) is 24.2. The molecule has 0 saturated heterocycles. The van der Waals surface area contributed by atoms with Crippen molar-refractivity contribution in [3.63, 3.8) is 0 Å². The fourth-order valence-corrected chi connectivity index (χ4v) is 7.07. The predicted molar refractivity (Wildman–Crippen MR) is 206 cm³/mol. The molecule has 50 heavy (non-hydrogen) atoms. The zero-order chi connectivity index (χ0) is 37.1. The van der Waals surface area contributed by atoms with E-state index in [1.807, 2.05) is 0 Å². The van der Waals surface area contributed by atoms with E-state index in [9.17, 15) is 29.4 Å². The summed E-state index contributed by atoms with van der Waals surface area (Å²) in [6, 6.07) is 0. The normalized spacial score (nSPS) is 12.9. The standard InChI is InChI=1S/C42H77NO7/c1-3-5-7-9-24-28-34-42(41(49)50,37-40(47)48)43(35-29-25-10-8-6-4-2)36-30-26-22-20-18-16-14-12-11-13-15-17-19-21-23-27-31-38(44)32-33-39(45)46/h32-33H,3-31,34-37H2,1-2H3,(H,45,46)(H,47,48)(H,49,50)/t42-/m0/s1. The van der Waals surface area contributed by atoms with E-state index >= 15 is 0 Å². The number of ketones is 1. The second-order valence-electron chi connectivity index (χ2n) is 14.7. The molecule has 292 valence electrons. The molecule has 0 unspecified atom stereocenters. The van der Waals surface area contributed by atoms with Crippen molar-refractivity contribution in [1.29, 1.82) is 0 Å². The summed E-state index contributed by atoms with van der Waals surface area (Å²) in [4.78, 5) is 48.9. The number of carboxylic acids is 3. The summed E-state index contributed by atoms with van der Waals surface area (Å²) >= 11 is 0. The van der Waals surface area contributed by atoms with Crippen molar-refractivity contribution in [2.24, 2.45) is 0 Å². The van der Waals surface area contributed by atoms with Gasteiger partial charge in [0.15, 0.2) is 5.78 Å². The quantitative estimate of drug-likeness (QED) is 0.0425. The summed E-state index contributed by atoms with van der Waals surface area (Å²) in [5.74, 6) is -3.16. The van der Waals surface area contributed by atoms with Gasteiger partial charge < -0.3 is 15.3 Å². The minimum absolute atomic E-state index is 0.106. The molecule has 0 saturated carbocycles. The molecule has 8 heteroatoms. The molecule has 0 aromatic heterocycles. The molecule has 0 aliphatic heterocycles. The highest BCUT2D eigenvalue weighted by molar-refractivity contribution is 5.95. The number of carbonyl (C=O) groups excluding carboxylic acids is 1. The van der Waals surface area contributed by atoms with Crippen LogP contribution in [-0.2, 0) is 19.2 Å². The van der Waals surface area contributed by atoms with Crippen molar-refractivity contribution >= 4 is 23.7 Å². The van der Waals surface area contributed by atoms with Gasteiger partial charge in [-0.05, 0) is 44.8 Å². The van der Waals surface area contributed by atoms with Crippen molar-refractivity contribution < 1.29 is 34.5 Å². The molecule has 0 amide bonds. The van der Waals surface area contributed by atoms with Gasteiger partial charge in [-0.1, -0.05) is 174 Å². The SMILES string of the molecule is CCCCCCCCN(CCCCCCCCCCCCCCCCCCC(=O)C=CC(=O)O)[C@@](CCCCCCCC)(CC(=O)O)C(=O)O. The summed E-state index contributed by atoms with van der Waals surface area (Å²) in [5.41, 5.74) is -1.31. The number of allylic oxidation sites excluding steroid dienone is 1. The van der Waals surface area contributed by atoms with Crippen LogP contribution in [0.5, 0.6) is 0 Å². The molecular formula is C42H77NO7. The van der Waals surface area contributed by atoms with Gasteiger partial charge >= 0.3 is 17.9 Å². The third-order valence-electron chi connectivity index (χ3n) is 10.2. The molecule has 0 heterocycles. The topological polar surface area (TPSA) is 132 Å². The molecule has 1 atom stereocenters. The fraction of sp³-hybridized carbons (Fsp3) is 0.857. The van der Waals surface area contributed by atoms with Gasteiger partial charge in [0.2, 0.25) is 0 Å². The Labute approximate surface area is 306 Å². The Bertz CT molecular complexity index is 889. The summed E-state index contributed by atoms with van der Waals surface area (Å²) in [5, 5.41) is 28.9. The van der Waals surface area contributed by atoms with Crippen molar-refractivity contribution in [3.05, 3.63) is 12.2 Å². The smallest absolute Gasteiger partial charge is 0.328 e. The molecule has 0 aromatic rings. The van der Waals surface area contributed by atoms with E-state index in [0.717, 1.165) is 95.6 Å². The molecule has 0 rings (SSSR count). The summed E-state index contributed by atoms with van der Waals surface area (Å²) in [6.07, 6.45) is 34.4. The highest BCUT2D eigenvalue weighted by Gasteiger charge is 2.45. The molecule has 0 aliphatic rings. The Kier molecular flexibility index (Phi) is 32.4. The van der Waals surface area contributed by atoms with Gasteiger partial charge in [-0.15, -0.1) is 0 Å². The monoisotopic (exact) mass is 708 g/mol.